The van der Waals surface area contributed by atoms with Crippen molar-refractivity contribution in [3.63, 3.8) is 0 Å². The van der Waals surface area contributed by atoms with Crippen molar-refractivity contribution in [2.75, 3.05) is 18.5 Å². The van der Waals surface area contributed by atoms with Crippen molar-refractivity contribution >= 4 is 5.69 Å². The minimum atomic E-state index is 0.676. The average Bonchev–Trinajstić information content (AvgIpc) is 2.45. The van der Waals surface area contributed by atoms with Crippen molar-refractivity contribution in [2.24, 2.45) is 0 Å². The van der Waals surface area contributed by atoms with Crippen LogP contribution in [0, 0.1) is 0 Å². The standard InChI is InChI=1S/C17H28N2/c1-4-16(18-3)9-7-13-19-14(2)11-12-15-8-5-6-10-17(15)19/h5-6,8,10,14,16,18H,4,7,9,11-13H2,1-3H3. The summed E-state index contributed by atoms with van der Waals surface area (Å²) in [5.41, 5.74) is 3.00. The summed E-state index contributed by atoms with van der Waals surface area (Å²) in [5.74, 6) is 0. The lowest BCUT2D eigenvalue weighted by molar-refractivity contribution is 0.474. The molecule has 2 rings (SSSR count). The highest BCUT2D eigenvalue weighted by atomic mass is 15.2. The van der Waals surface area contributed by atoms with Gasteiger partial charge in [0.1, 0.15) is 0 Å². The molecule has 1 aromatic rings. The summed E-state index contributed by atoms with van der Waals surface area (Å²) in [7, 11) is 2.08. The van der Waals surface area contributed by atoms with Crippen LogP contribution in [0.3, 0.4) is 0 Å². The molecule has 0 saturated carbocycles. The van der Waals surface area contributed by atoms with Crippen molar-refractivity contribution in [3.05, 3.63) is 29.8 Å². The first-order chi connectivity index (χ1) is 9.26. The van der Waals surface area contributed by atoms with Gasteiger partial charge in [-0.1, -0.05) is 25.1 Å². The van der Waals surface area contributed by atoms with Crippen molar-refractivity contribution in [3.8, 4) is 0 Å². The Morgan fingerprint density at radius 1 is 1.37 bits per heavy atom. The molecule has 0 bridgehead atoms. The van der Waals surface area contributed by atoms with Crippen molar-refractivity contribution in [2.45, 2.75) is 58.0 Å². The van der Waals surface area contributed by atoms with E-state index in [2.05, 4.69) is 55.4 Å². The molecule has 1 N–H and O–H groups in total. The maximum absolute atomic E-state index is 3.40. The Morgan fingerprint density at radius 3 is 2.89 bits per heavy atom. The lowest BCUT2D eigenvalue weighted by Gasteiger charge is -2.37. The lowest BCUT2D eigenvalue weighted by atomic mass is 9.96. The number of nitrogens with one attached hydrogen (secondary N) is 1. The molecule has 1 aliphatic heterocycles. The number of para-hydroxylation sites is 1. The summed E-state index contributed by atoms with van der Waals surface area (Å²) in [4.78, 5) is 2.61. The normalized spacial score (nSPS) is 20.2. The zero-order valence-electron chi connectivity index (χ0n) is 12.7. The Labute approximate surface area is 118 Å². The van der Waals surface area contributed by atoms with Crippen LogP contribution in [-0.4, -0.2) is 25.7 Å². The van der Waals surface area contributed by atoms with Gasteiger partial charge in [-0.25, -0.2) is 0 Å². The second-order valence-corrected chi connectivity index (χ2v) is 5.75. The van der Waals surface area contributed by atoms with Crippen molar-refractivity contribution < 1.29 is 0 Å². The molecule has 2 unspecified atom stereocenters. The third-order valence-electron chi connectivity index (χ3n) is 4.52. The zero-order chi connectivity index (χ0) is 13.7. The smallest absolute Gasteiger partial charge is 0.0401 e. The number of benzene rings is 1. The van der Waals surface area contributed by atoms with Gasteiger partial charge in [0.15, 0.2) is 0 Å². The predicted molar refractivity (Wildman–Crippen MR) is 83.9 cm³/mol. The minimum absolute atomic E-state index is 0.676. The molecule has 0 amide bonds. The molecule has 0 spiro atoms. The summed E-state index contributed by atoms with van der Waals surface area (Å²) < 4.78 is 0. The fraction of sp³-hybridized carbons (Fsp3) is 0.647. The first-order valence-electron chi connectivity index (χ1n) is 7.78. The quantitative estimate of drug-likeness (QED) is 0.840. The van der Waals surface area contributed by atoms with Gasteiger partial charge in [0.05, 0.1) is 0 Å². The fourth-order valence-corrected chi connectivity index (χ4v) is 3.16. The molecule has 0 fully saturated rings. The van der Waals surface area contributed by atoms with Gasteiger partial charge in [-0.05, 0) is 57.7 Å². The van der Waals surface area contributed by atoms with Crippen LogP contribution in [0.5, 0.6) is 0 Å². The SMILES string of the molecule is CCC(CCCN1c2ccccc2CCC1C)NC. The van der Waals surface area contributed by atoms with Crippen LogP contribution in [-0.2, 0) is 6.42 Å². The van der Waals surface area contributed by atoms with Gasteiger partial charge in [0.2, 0.25) is 0 Å². The molecule has 0 radical (unpaired) electrons. The Kier molecular flexibility index (Phi) is 5.26. The number of aryl methyl sites for hydroxylation is 1. The number of nitrogens with zero attached hydrogens (tertiary/aromatic N) is 1. The van der Waals surface area contributed by atoms with E-state index in [9.17, 15) is 0 Å². The second kappa shape index (κ2) is 6.95. The predicted octanol–water partition coefficient (Wildman–Crippen LogP) is 3.61. The van der Waals surface area contributed by atoms with E-state index in [1.54, 1.807) is 0 Å². The van der Waals surface area contributed by atoms with Gasteiger partial charge in [-0.2, -0.15) is 0 Å². The van der Waals surface area contributed by atoms with Crippen LogP contribution >= 0.6 is 0 Å². The fourth-order valence-electron chi connectivity index (χ4n) is 3.16. The number of fused-ring (bicyclic) bond motifs is 1. The third kappa shape index (κ3) is 3.50. The Balaban J connectivity index is 1.96. The second-order valence-electron chi connectivity index (χ2n) is 5.75. The number of anilines is 1. The average molecular weight is 260 g/mol. The van der Waals surface area contributed by atoms with Crippen LogP contribution in [0.15, 0.2) is 24.3 Å². The number of hydrogen-bond acceptors (Lipinski definition) is 2. The van der Waals surface area contributed by atoms with Crippen LogP contribution in [0.4, 0.5) is 5.69 Å². The summed E-state index contributed by atoms with van der Waals surface area (Å²) in [6, 6.07) is 10.3. The lowest BCUT2D eigenvalue weighted by Crippen LogP contribution is -2.38. The van der Waals surface area contributed by atoms with Gasteiger partial charge >= 0.3 is 0 Å². The molecular formula is C17H28N2. The molecule has 1 heterocycles. The van der Waals surface area contributed by atoms with E-state index >= 15 is 0 Å². The van der Waals surface area contributed by atoms with Gasteiger partial charge in [0, 0.05) is 24.3 Å². The van der Waals surface area contributed by atoms with E-state index in [4.69, 9.17) is 0 Å². The molecular weight excluding hydrogens is 232 g/mol. The highest BCUT2D eigenvalue weighted by Crippen LogP contribution is 2.30. The van der Waals surface area contributed by atoms with Crippen LogP contribution < -0.4 is 10.2 Å². The van der Waals surface area contributed by atoms with Gasteiger partial charge in [-0.3, -0.25) is 0 Å². The zero-order valence-corrected chi connectivity index (χ0v) is 12.7. The number of rotatable bonds is 6. The van der Waals surface area contributed by atoms with Gasteiger partial charge < -0.3 is 10.2 Å². The summed E-state index contributed by atoms with van der Waals surface area (Å²) in [5, 5.41) is 3.40. The van der Waals surface area contributed by atoms with E-state index in [-0.39, 0.29) is 0 Å². The Bertz CT molecular complexity index is 385. The van der Waals surface area contributed by atoms with E-state index in [1.807, 2.05) is 0 Å². The maximum atomic E-state index is 3.40. The van der Waals surface area contributed by atoms with Crippen molar-refractivity contribution in [1.29, 1.82) is 0 Å². The largest absolute Gasteiger partial charge is 0.369 e. The molecule has 1 aromatic carbocycles. The molecule has 106 valence electrons. The molecule has 2 nitrogen and oxygen atoms in total. The summed E-state index contributed by atoms with van der Waals surface area (Å²) in [6.07, 6.45) is 6.31. The van der Waals surface area contributed by atoms with Gasteiger partial charge in [-0.15, -0.1) is 0 Å². The highest BCUT2D eigenvalue weighted by Gasteiger charge is 2.22. The Morgan fingerprint density at radius 2 is 2.16 bits per heavy atom. The molecule has 0 saturated heterocycles. The maximum Gasteiger partial charge on any atom is 0.0401 e. The van der Waals surface area contributed by atoms with E-state index in [1.165, 1.54) is 49.9 Å². The minimum Gasteiger partial charge on any atom is -0.369 e. The van der Waals surface area contributed by atoms with E-state index in [0.29, 0.717) is 12.1 Å². The van der Waals surface area contributed by atoms with Crippen molar-refractivity contribution in [1.82, 2.24) is 5.32 Å². The molecule has 19 heavy (non-hydrogen) atoms. The first kappa shape index (κ1) is 14.4. The molecule has 0 aromatic heterocycles. The highest BCUT2D eigenvalue weighted by molar-refractivity contribution is 5.56. The first-order valence-corrected chi connectivity index (χ1v) is 7.78. The third-order valence-corrected chi connectivity index (χ3v) is 4.52. The number of hydrogen-bond donors (Lipinski definition) is 1. The molecule has 0 aliphatic carbocycles. The molecule has 2 atom stereocenters. The van der Waals surface area contributed by atoms with Gasteiger partial charge in [0.25, 0.3) is 0 Å². The Hall–Kier alpha value is -1.02. The summed E-state index contributed by atoms with van der Waals surface area (Å²) in [6.45, 7) is 5.82. The molecule has 2 heteroatoms. The van der Waals surface area contributed by atoms with E-state index in [0.717, 1.165) is 0 Å². The van der Waals surface area contributed by atoms with E-state index < -0.39 is 0 Å². The summed E-state index contributed by atoms with van der Waals surface area (Å²) >= 11 is 0. The van der Waals surface area contributed by atoms with Crippen LogP contribution in [0.25, 0.3) is 0 Å². The monoisotopic (exact) mass is 260 g/mol. The topological polar surface area (TPSA) is 15.3 Å². The van der Waals surface area contributed by atoms with Crippen LogP contribution in [0.1, 0.15) is 45.1 Å². The van der Waals surface area contributed by atoms with Crippen LogP contribution in [0.2, 0.25) is 0 Å². The molecule has 1 aliphatic rings.